The van der Waals surface area contributed by atoms with Crippen LogP contribution in [0.5, 0.6) is 0 Å². The van der Waals surface area contributed by atoms with Crippen molar-refractivity contribution in [3.63, 3.8) is 0 Å². The van der Waals surface area contributed by atoms with Crippen LogP contribution < -0.4 is 0 Å². The number of hydrogen-bond donors (Lipinski definition) is 1. The summed E-state index contributed by atoms with van der Waals surface area (Å²) in [5.74, 6) is 0. The molecule has 47 valence electrons. The first-order chi connectivity index (χ1) is 4.88. The smallest absolute Gasteiger partial charge is 0.104 e. The molecule has 0 amide bonds. The van der Waals surface area contributed by atoms with E-state index < -0.39 is 0 Å². The number of H-pyrrole nitrogens is 1. The maximum absolute atomic E-state index is 8.38. The van der Waals surface area contributed by atoms with Crippen molar-refractivity contribution < 1.29 is 0 Å². The molecule has 0 unspecified atom stereocenters. The van der Waals surface area contributed by atoms with Gasteiger partial charge in [0.25, 0.3) is 0 Å². The third kappa shape index (κ3) is 0.958. The van der Waals surface area contributed by atoms with Crippen molar-refractivity contribution in [1.82, 2.24) is 10.2 Å². The van der Waals surface area contributed by atoms with E-state index >= 15 is 0 Å². The Morgan fingerprint density at radius 3 is 3.00 bits per heavy atom. The SMILES string of the molecule is N#CCc1n[nH][c]c1C#N. The van der Waals surface area contributed by atoms with E-state index in [9.17, 15) is 0 Å². The predicted molar refractivity (Wildman–Crippen MR) is 31.5 cm³/mol. The van der Waals surface area contributed by atoms with E-state index in [2.05, 4.69) is 16.4 Å². The summed E-state index contributed by atoms with van der Waals surface area (Å²) in [5, 5.41) is 22.7. The zero-order chi connectivity index (χ0) is 7.40. The number of rotatable bonds is 1. The van der Waals surface area contributed by atoms with Gasteiger partial charge in [-0.3, -0.25) is 5.10 Å². The zero-order valence-electron chi connectivity index (χ0n) is 5.05. The summed E-state index contributed by atoms with van der Waals surface area (Å²) >= 11 is 0. The number of aromatic amines is 1. The molecule has 0 saturated heterocycles. The van der Waals surface area contributed by atoms with Crippen LogP contribution >= 0.6 is 0 Å². The Morgan fingerprint density at radius 2 is 2.40 bits per heavy atom. The number of nitriles is 2. The van der Waals surface area contributed by atoms with E-state index in [1.807, 2.05) is 12.1 Å². The fourth-order valence-corrected chi connectivity index (χ4v) is 0.575. The van der Waals surface area contributed by atoms with Gasteiger partial charge in [0.1, 0.15) is 17.8 Å². The van der Waals surface area contributed by atoms with Gasteiger partial charge in [0.15, 0.2) is 0 Å². The maximum atomic E-state index is 8.38. The molecule has 1 rings (SSSR count). The Morgan fingerprint density at radius 1 is 1.60 bits per heavy atom. The molecule has 0 aliphatic carbocycles. The molecule has 0 bridgehead atoms. The maximum Gasteiger partial charge on any atom is 0.104 e. The molecule has 0 aliphatic rings. The lowest BCUT2D eigenvalue weighted by Crippen LogP contribution is -1.84. The molecule has 1 N–H and O–H groups in total. The summed E-state index contributed by atoms with van der Waals surface area (Å²) in [4.78, 5) is 0. The molecule has 0 spiro atoms. The average molecular weight is 131 g/mol. The van der Waals surface area contributed by atoms with E-state index in [4.69, 9.17) is 10.5 Å². The highest BCUT2D eigenvalue weighted by molar-refractivity contribution is 5.30. The third-order valence-corrected chi connectivity index (χ3v) is 1.02. The van der Waals surface area contributed by atoms with Crippen molar-refractivity contribution >= 4 is 0 Å². The second-order valence-electron chi connectivity index (χ2n) is 1.62. The molecule has 4 heteroatoms. The van der Waals surface area contributed by atoms with Gasteiger partial charge in [-0.1, -0.05) is 0 Å². The van der Waals surface area contributed by atoms with Gasteiger partial charge < -0.3 is 0 Å². The van der Waals surface area contributed by atoms with Crippen LogP contribution in [0.15, 0.2) is 0 Å². The molecule has 0 atom stereocenters. The molecular weight excluding hydrogens is 128 g/mol. The van der Waals surface area contributed by atoms with Crippen LogP contribution in [0, 0.1) is 28.9 Å². The summed E-state index contributed by atoms with van der Waals surface area (Å²) in [6.07, 6.45) is 2.65. The second kappa shape index (κ2) is 2.65. The second-order valence-corrected chi connectivity index (χ2v) is 1.62. The molecular formula is C6H3N4. The van der Waals surface area contributed by atoms with Gasteiger partial charge in [0.2, 0.25) is 0 Å². The Balaban J connectivity index is 2.96. The first kappa shape index (κ1) is 6.31. The van der Waals surface area contributed by atoms with Crippen LogP contribution in [-0.2, 0) is 6.42 Å². The van der Waals surface area contributed by atoms with Gasteiger partial charge in [-0.15, -0.1) is 0 Å². The molecule has 0 saturated carbocycles. The van der Waals surface area contributed by atoms with Crippen LogP contribution in [-0.4, -0.2) is 10.2 Å². The molecule has 4 nitrogen and oxygen atoms in total. The first-order valence-electron chi connectivity index (χ1n) is 2.60. The summed E-state index contributed by atoms with van der Waals surface area (Å²) < 4.78 is 0. The van der Waals surface area contributed by atoms with Crippen LogP contribution in [0.25, 0.3) is 0 Å². The minimum Gasteiger partial charge on any atom is -0.275 e. The highest BCUT2D eigenvalue weighted by atomic mass is 15.1. The molecule has 0 aliphatic heterocycles. The molecule has 10 heavy (non-hydrogen) atoms. The van der Waals surface area contributed by atoms with Crippen LogP contribution in [0.4, 0.5) is 0 Å². The van der Waals surface area contributed by atoms with E-state index in [1.54, 1.807) is 0 Å². The Labute approximate surface area is 57.7 Å². The highest BCUT2D eigenvalue weighted by Crippen LogP contribution is 2.00. The lowest BCUT2D eigenvalue weighted by Gasteiger charge is -1.80. The standard InChI is InChI=1S/C6H3N4/c7-2-1-6-5(3-8)4-9-10-6/h1H2,(H,9,10). The lowest BCUT2D eigenvalue weighted by molar-refractivity contribution is 1.01. The van der Waals surface area contributed by atoms with Gasteiger partial charge in [0.05, 0.1) is 18.2 Å². The first-order valence-corrected chi connectivity index (χ1v) is 2.60. The number of nitrogens with one attached hydrogen (secondary N) is 1. The average Bonchev–Trinajstić information content (AvgIpc) is 2.36. The van der Waals surface area contributed by atoms with Gasteiger partial charge in [-0.25, -0.2) is 0 Å². The van der Waals surface area contributed by atoms with Crippen molar-refractivity contribution in [2.24, 2.45) is 0 Å². The van der Waals surface area contributed by atoms with Crippen molar-refractivity contribution in [2.45, 2.75) is 6.42 Å². The molecule has 0 aromatic carbocycles. The minimum atomic E-state index is 0.156. The molecule has 0 fully saturated rings. The quantitative estimate of drug-likeness (QED) is 0.589. The molecule has 1 heterocycles. The van der Waals surface area contributed by atoms with Gasteiger partial charge >= 0.3 is 0 Å². The van der Waals surface area contributed by atoms with Crippen molar-refractivity contribution in [3.05, 3.63) is 17.5 Å². The summed E-state index contributed by atoms with van der Waals surface area (Å²) in [6.45, 7) is 0. The predicted octanol–water partition coefficient (Wildman–Crippen LogP) is 0.148. The molecule has 1 radical (unpaired) electrons. The lowest BCUT2D eigenvalue weighted by atomic mass is 10.2. The highest BCUT2D eigenvalue weighted by Gasteiger charge is 2.02. The van der Waals surface area contributed by atoms with Crippen molar-refractivity contribution in [3.8, 4) is 12.1 Å². The van der Waals surface area contributed by atoms with Crippen LogP contribution in [0.1, 0.15) is 11.3 Å². The van der Waals surface area contributed by atoms with Gasteiger partial charge in [-0.05, 0) is 0 Å². The zero-order valence-corrected chi connectivity index (χ0v) is 5.05. The molecule has 1 aromatic rings. The fourth-order valence-electron chi connectivity index (χ4n) is 0.575. The number of nitrogens with zero attached hydrogens (tertiary/aromatic N) is 3. The minimum absolute atomic E-state index is 0.156. The number of aromatic nitrogens is 2. The van der Waals surface area contributed by atoms with Crippen LogP contribution in [0.2, 0.25) is 0 Å². The Bertz CT molecular complexity index is 298. The largest absolute Gasteiger partial charge is 0.275 e. The van der Waals surface area contributed by atoms with Crippen molar-refractivity contribution in [1.29, 1.82) is 10.5 Å². The van der Waals surface area contributed by atoms with Gasteiger partial charge in [0, 0.05) is 0 Å². The fraction of sp³-hybridized carbons (Fsp3) is 0.167. The Kier molecular flexibility index (Phi) is 1.67. The van der Waals surface area contributed by atoms with E-state index in [0.29, 0.717) is 11.3 Å². The Hall–Kier alpha value is -1.81. The number of hydrogen-bond acceptors (Lipinski definition) is 3. The van der Waals surface area contributed by atoms with E-state index in [0.717, 1.165) is 0 Å². The summed E-state index contributed by atoms with van der Waals surface area (Å²) in [6, 6.07) is 3.75. The topological polar surface area (TPSA) is 76.3 Å². The third-order valence-electron chi connectivity index (χ3n) is 1.02. The molecule has 1 aromatic heterocycles. The van der Waals surface area contributed by atoms with E-state index in [-0.39, 0.29) is 6.42 Å². The van der Waals surface area contributed by atoms with Crippen LogP contribution in [0.3, 0.4) is 0 Å². The summed E-state index contributed by atoms with van der Waals surface area (Å²) in [7, 11) is 0. The normalized spacial score (nSPS) is 8.20. The van der Waals surface area contributed by atoms with Gasteiger partial charge in [-0.2, -0.15) is 15.6 Å². The van der Waals surface area contributed by atoms with Crippen molar-refractivity contribution in [2.75, 3.05) is 0 Å². The summed E-state index contributed by atoms with van der Waals surface area (Å²) in [5.41, 5.74) is 0.784. The monoisotopic (exact) mass is 131 g/mol. The van der Waals surface area contributed by atoms with E-state index in [1.165, 1.54) is 0 Å².